The molecular formula is C16H30O7Si. The van der Waals surface area contributed by atoms with Crippen molar-refractivity contribution in [2.24, 2.45) is 0 Å². The number of unbranched alkanes of at least 4 members (excludes halogenated alkanes) is 3. The maximum atomic E-state index is 12.4. The van der Waals surface area contributed by atoms with E-state index in [2.05, 4.69) is 4.43 Å². The fourth-order valence-electron chi connectivity index (χ4n) is 1.53. The summed E-state index contributed by atoms with van der Waals surface area (Å²) in [5.74, 6) is -3.25. The van der Waals surface area contributed by atoms with Crippen molar-refractivity contribution in [3.05, 3.63) is 0 Å². The zero-order valence-corrected chi connectivity index (χ0v) is 16.2. The lowest BCUT2D eigenvalue weighted by Gasteiger charge is -2.30. The predicted octanol–water partition coefficient (Wildman–Crippen LogP) is 2.73. The first-order valence-electron chi connectivity index (χ1n) is 8.57. The Morgan fingerprint density at radius 1 is 0.792 bits per heavy atom. The van der Waals surface area contributed by atoms with Gasteiger partial charge in [-0.3, -0.25) is 4.79 Å². The van der Waals surface area contributed by atoms with Crippen LogP contribution in [0.4, 0.5) is 0 Å². The van der Waals surface area contributed by atoms with Crippen molar-refractivity contribution in [1.82, 2.24) is 0 Å². The van der Waals surface area contributed by atoms with Gasteiger partial charge in [-0.2, -0.15) is 0 Å². The molecule has 0 aliphatic rings. The molecule has 0 fully saturated rings. The molecule has 0 spiro atoms. The molecule has 0 saturated heterocycles. The van der Waals surface area contributed by atoms with Crippen LogP contribution in [0.5, 0.6) is 0 Å². The van der Waals surface area contributed by atoms with E-state index >= 15 is 0 Å². The molecule has 8 heteroatoms. The summed E-state index contributed by atoms with van der Waals surface area (Å²) in [5, 5.41) is 0. The average Bonchev–Trinajstić information content (AvgIpc) is 2.54. The van der Waals surface area contributed by atoms with Crippen LogP contribution < -0.4 is 0 Å². The van der Waals surface area contributed by atoms with Gasteiger partial charge in [0.25, 0.3) is 5.97 Å². The molecule has 2 radical (unpaired) electrons. The van der Waals surface area contributed by atoms with Crippen LogP contribution in [0.1, 0.15) is 66.2 Å². The largest absolute Gasteiger partial charge is 0.614 e. The van der Waals surface area contributed by atoms with Gasteiger partial charge in [-0.15, -0.1) is 0 Å². The van der Waals surface area contributed by atoms with E-state index in [1.165, 1.54) is 6.92 Å². The summed E-state index contributed by atoms with van der Waals surface area (Å²) in [6, 6.07) is 0. The molecule has 0 aliphatic carbocycles. The Morgan fingerprint density at radius 2 is 1.21 bits per heavy atom. The second-order valence-electron chi connectivity index (χ2n) is 5.23. The van der Waals surface area contributed by atoms with E-state index in [4.69, 9.17) is 18.6 Å². The first-order chi connectivity index (χ1) is 11.5. The number of rotatable bonds is 15. The van der Waals surface area contributed by atoms with Gasteiger partial charge < -0.3 is 23.1 Å². The van der Waals surface area contributed by atoms with Gasteiger partial charge in [0, 0.05) is 6.92 Å². The lowest BCUT2D eigenvalue weighted by Crippen LogP contribution is -2.49. The molecule has 0 aromatic heterocycles. The highest BCUT2D eigenvalue weighted by Gasteiger charge is 2.45. The summed E-state index contributed by atoms with van der Waals surface area (Å²) < 4.78 is 26.5. The molecule has 0 aromatic rings. The second kappa shape index (κ2) is 14.4. The van der Waals surface area contributed by atoms with Crippen LogP contribution in [0.15, 0.2) is 0 Å². The fourth-order valence-corrected chi connectivity index (χ4v) is 1.89. The minimum absolute atomic E-state index is 0.306. The van der Waals surface area contributed by atoms with E-state index < -0.39 is 27.9 Å². The molecule has 0 aliphatic heterocycles. The van der Waals surface area contributed by atoms with Gasteiger partial charge in [0.15, 0.2) is 0 Å². The highest BCUT2D eigenvalue weighted by atomic mass is 28.3. The van der Waals surface area contributed by atoms with Gasteiger partial charge in [-0.25, -0.2) is 4.79 Å². The van der Waals surface area contributed by atoms with E-state index in [1.807, 2.05) is 20.8 Å². The van der Waals surface area contributed by atoms with E-state index in [9.17, 15) is 9.59 Å². The smallest absolute Gasteiger partial charge is 0.481 e. The molecule has 0 atom stereocenters. The van der Waals surface area contributed by atoms with Gasteiger partial charge in [0.05, 0.1) is 19.8 Å². The predicted molar refractivity (Wildman–Crippen MR) is 88.9 cm³/mol. The molecule has 0 aromatic carbocycles. The molecule has 0 bridgehead atoms. The zero-order chi connectivity index (χ0) is 18.3. The van der Waals surface area contributed by atoms with Crippen molar-refractivity contribution < 1.29 is 32.7 Å². The Balaban J connectivity index is 4.94. The number of carbonyl (C=O) groups excluding carboxylic acids is 2. The molecule has 0 N–H and O–H groups in total. The van der Waals surface area contributed by atoms with Gasteiger partial charge in [0.1, 0.15) is 0 Å². The Labute approximate surface area is 147 Å². The summed E-state index contributed by atoms with van der Waals surface area (Å²) in [6.45, 7) is 8.20. The molecule has 0 saturated carbocycles. The van der Waals surface area contributed by atoms with Crippen LogP contribution in [0, 0.1) is 0 Å². The fraction of sp³-hybridized carbons (Fsp3) is 0.875. The summed E-state index contributed by atoms with van der Waals surface area (Å²) in [6.07, 6.45) is 5.00. The Morgan fingerprint density at radius 3 is 1.54 bits per heavy atom. The quantitative estimate of drug-likeness (QED) is 0.252. The van der Waals surface area contributed by atoms with E-state index in [1.54, 1.807) is 0 Å². The number of ether oxygens (including phenoxy) is 3. The summed E-state index contributed by atoms with van der Waals surface area (Å²) in [7, 11) is -0.757. The topological polar surface area (TPSA) is 80.3 Å². The summed E-state index contributed by atoms with van der Waals surface area (Å²) in [4.78, 5) is 23.3. The average molecular weight is 362 g/mol. The molecule has 140 valence electrons. The third-order valence-electron chi connectivity index (χ3n) is 2.94. The van der Waals surface area contributed by atoms with Crippen molar-refractivity contribution in [3.63, 3.8) is 0 Å². The van der Waals surface area contributed by atoms with E-state index in [-0.39, 0.29) is 0 Å². The normalized spacial score (nSPS) is 11.3. The lowest BCUT2D eigenvalue weighted by atomic mass is 10.3. The minimum atomic E-state index is -1.90. The van der Waals surface area contributed by atoms with Gasteiger partial charge in [-0.05, 0) is 19.3 Å². The molecule has 0 heterocycles. The summed E-state index contributed by atoms with van der Waals surface area (Å²) >= 11 is 0. The number of carbonyl (C=O) groups is 2. The SMILES string of the molecule is CCCCOC(OCCCC)(OCCCC)C(=O)O[Si]OC(C)=O. The monoisotopic (exact) mass is 362 g/mol. The Kier molecular flexibility index (Phi) is 13.8. The van der Waals surface area contributed by atoms with Gasteiger partial charge in [-0.1, -0.05) is 40.0 Å². The standard InChI is InChI=1S/C16H30O7Si/c1-5-8-11-19-16(20-12-9-6-2,21-13-10-7-3)15(18)23-24-22-14(4)17/h5-13H2,1-4H3. The zero-order valence-electron chi connectivity index (χ0n) is 15.2. The summed E-state index contributed by atoms with van der Waals surface area (Å²) in [5.41, 5.74) is 0. The first-order valence-corrected chi connectivity index (χ1v) is 9.39. The number of hydrogen-bond acceptors (Lipinski definition) is 7. The lowest BCUT2D eigenvalue weighted by molar-refractivity contribution is -0.362. The van der Waals surface area contributed by atoms with Crippen molar-refractivity contribution in [2.45, 2.75) is 72.2 Å². The molecular weight excluding hydrogens is 332 g/mol. The third kappa shape index (κ3) is 10.0. The van der Waals surface area contributed by atoms with Crippen LogP contribution in [0.2, 0.25) is 0 Å². The highest BCUT2D eigenvalue weighted by molar-refractivity contribution is 6.26. The van der Waals surface area contributed by atoms with Crippen LogP contribution in [-0.4, -0.2) is 47.7 Å². The van der Waals surface area contributed by atoms with Crippen LogP contribution >= 0.6 is 0 Å². The highest BCUT2D eigenvalue weighted by Crippen LogP contribution is 2.20. The molecule has 0 unspecified atom stereocenters. The van der Waals surface area contributed by atoms with Crippen molar-refractivity contribution in [3.8, 4) is 0 Å². The van der Waals surface area contributed by atoms with Crippen molar-refractivity contribution in [1.29, 1.82) is 0 Å². The van der Waals surface area contributed by atoms with Gasteiger partial charge >= 0.3 is 21.9 Å². The van der Waals surface area contributed by atoms with Gasteiger partial charge in [0.2, 0.25) is 0 Å². The first kappa shape index (κ1) is 23.0. The molecule has 24 heavy (non-hydrogen) atoms. The van der Waals surface area contributed by atoms with Crippen LogP contribution in [0.3, 0.4) is 0 Å². The van der Waals surface area contributed by atoms with E-state index in [0.717, 1.165) is 38.5 Å². The molecule has 0 rings (SSSR count). The third-order valence-corrected chi connectivity index (χ3v) is 3.58. The molecule has 0 amide bonds. The minimum Gasteiger partial charge on any atom is -0.481 e. The number of hydrogen-bond donors (Lipinski definition) is 0. The molecule has 7 nitrogen and oxygen atoms in total. The Hall–Kier alpha value is -0.963. The van der Waals surface area contributed by atoms with E-state index in [0.29, 0.717) is 19.8 Å². The Bertz CT molecular complexity index is 323. The van der Waals surface area contributed by atoms with Crippen molar-refractivity contribution in [2.75, 3.05) is 19.8 Å². The maximum absolute atomic E-state index is 12.4. The van der Waals surface area contributed by atoms with Crippen molar-refractivity contribution >= 4 is 21.9 Å². The second-order valence-corrected chi connectivity index (χ2v) is 5.80. The maximum Gasteiger partial charge on any atom is 0.614 e. The van der Waals surface area contributed by atoms with Crippen LogP contribution in [-0.2, 0) is 32.7 Å². The van der Waals surface area contributed by atoms with Crippen LogP contribution in [0.25, 0.3) is 0 Å².